The predicted molar refractivity (Wildman–Crippen MR) is 80.9 cm³/mol. The van der Waals surface area contributed by atoms with Gasteiger partial charge in [-0.1, -0.05) is 6.07 Å². The molecule has 1 saturated heterocycles. The Balaban J connectivity index is 1.67. The highest BCUT2D eigenvalue weighted by Crippen LogP contribution is 2.37. The summed E-state index contributed by atoms with van der Waals surface area (Å²) in [5, 5.41) is 3.66. The molecule has 2 aliphatic rings. The quantitative estimate of drug-likeness (QED) is 0.900. The lowest BCUT2D eigenvalue weighted by Gasteiger charge is -2.45. The molecule has 1 aliphatic heterocycles. The van der Waals surface area contributed by atoms with E-state index in [2.05, 4.69) is 24.1 Å². The van der Waals surface area contributed by atoms with Crippen LogP contribution in [0.25, 0.3) is 0 Å². The number of hydrogen-bond donors (Lipinski definition) is 1. The van der Waals surface area contributed by atoms with Gasteiger partial charge in [0.1, 0.15) is 0 Å². The molecule has 0 spiro atoms. The van der Waals surface area contributed by atoms with E-state index in [9.17, 15) is 4.79 Å². The first kappa shape index (κ1) is 13.8. The van der Waals surface area contributed by atoms with Gasteiger partial charge >= 0.3 is 0 Å². The van der Waals surface area contributed by atoms with Gasteiger partial charge < -0.3 is 9.88 Å². The number of piperazine rings is 1. The molecule has 1 atom stereocenters. The predicted octanol–water partition coefficient (Wildman–Crippen LogP) is 1.31. The van der Waals surface area contributed by atoms with Crippen LogP contribution < -0.4 is 10.9 Å². The lowest BCUT2D eigenvalue weighted by molar-refractivity contribution is 0.0792. The first-order valence-electron chi connectivity index (χ1n) is 7.70. The van der Waals surface area contributed by atoms with Gasteiger partial charge in [-0.25, -0.2) is 0 Å². The molecule has 0 aromatic carbocycles. The van der Waals surface area contributed by atoms with E-state index < -0.39 is 0 Å². The third kappa shape index (κ3) is 3.13. The van der Waals surface area contributed by atoms with Crippen LogP contribution in [0.5, 0.6) is 0 Å². The van der Waals surface area contributed by atoms with Crippen molar-refractivity contribution in [1.29, 1.82) is 0 Å². The Bertz CT molecular complexity index is 518. The number of nitrogens with one attached hydrogen (secondary N) is 1. The highest BCUT2D eigenvalue weighted by molar-refractivity contribution is 4.99. The molecule has 2 fully saturated rings. The molecule has 2 heterocycles. The molecule has 0 bridgehead atoms. The SMILES string of the molecule is CC1(C)CN(CCn2ccccc2=O)C(C2CC2)CN1. The second-order valence-electron chi connectivity index (χ2n) is 6.87. The van der Waals surface area contributed by atoms with Crippen molar-refractivity contribution in [3.63, 3.8) is 0 Å². The Morgan fingerprint density at radius 3 is 2.80 bits per heavy atom. The molecule has 1 aromatic rings. The van der Waals surface area contributed by atoms with Crippen LogP contribution in [0, 0.1) is 5.92 Å². The Morgan fingerprint density at radius 2 is 2.10 bits per heavy atom. The van der Waals surface area contributed by atoms with Crippen LogP contribution in [0.4, 0.5) is 0 Å². The van der Waals surface area contributed by atoms with Crippen LogP contribution in [-0.4, -0.2) is 40.7 Å². The summed E-state index contributed by atoms with van der Waals surface area (Å²) in [6, 6.07) is 6.03. The first-order valence-corrected chi connectivity index (χ1v) is 7.70. The number of nitrogens with zero attached hydrogens (tertiary/aromatic N) is 2. The summed E-state index contributed by atoms with van der Waals surface area (Å²) < 4.78 is 1.82. The molecule has 0 amide bonds. The van der Waals surface area contributed by atoms with Gasteiger partial charge in [-0.15, -0.1) is 0 Å². The highest BCUT2D eigenvalue weighted by Gasteiger charge is 2.40. The van der Waals surface area contributed by atoms with Crippen molar-refractivity contribution in [2.24, 2.45) is 5.92 Å². The van der Waals surface area contributed by atoms with E-state index in [1.807, 2.05) is 16.8 Å². The van der Waals surface area contributed by atoms with E-state index in [4.69, 9.17) is 0 Å². The summed E-state index contributed by atoms with van der Waals surface area (Å²) in [7, 11) is 0. The lowest BCUT2D eigenvalue weighted by Crippen LogP contribution is -2.62. The number of aromatic nitrogens is 1. The number of hydrogen-bond acceptors (Lipinski definition) is 3. The van der Waals surface area contributed by atoms with E-state index in [-0.39, 0.29) is 11.1 Å². The summed E-state index contributed by atoms with van der Waals surface area (Å²) in [5.41, 5.74) is 0.275. The molecule has 1 saturated carbocycles. The Labute approximate surface area is 120 Å². The first-order chi connectivity index (χ1) is 9.55. The maximum Gasteiger partial charge on any atom is 0.250 e. The van der Waals surface area contributed by atoms with E-state index in [1.54, 1.807) is 12.1 Å². The monoisotopic (exact) mass is 275 g/mol. The van der Waals surface area contributed by atoms with Crippen molar-refractivity contribution < 1.29 is 0 Å². The Morgan fingerprint density at radius 1 is 1.30 bits per heavy atom. The molecule has 3 rings (SSSR count). The standard InChI is InChI=1S/C16H25N3O/c1-16(2)12-19(14(11-17-16)13-6-7-13)10-9-18-8-4-3-5-15(18)20/h3-5,8,13-14,17H,6-7,9-12H2,1-2H3. The minimum absolute atomic E-state index is 0.102. The van der Waals surface area contributed by atoms with E-state index >= 15 is 0 Å². The van der Waals surface area contributed by atoms with Gasteiger partial charge in [0.2, 0.25) is 0 Å². The van der Waals surface area contributed by atoms with Crippen molar-refractivity contribution in [2.45, 2.75) is 44.8 Å². The van der Waals surface area contributed by atoms with Crippen molar-refractivity contribution in [1.82, 2.24) is 14.8 Å². The molecular weight excluding hydrogens is 250 g/mol. The van der Waals surface area contributed by atoms with Gasteiger partial charge in [-0.3, -0.25) is 9.69 Å². The molecule has 4 heteroatoms. The fraction of sp³-hybridized carbons (Fsp3) is 0.688. The third-order valence-electron chi connectivity index (χ3n) is 4.55. The number of pyridine rings is 1. The summed E-state index contributed by atoms with van der Waals surface area (Å²) in [5.74, 6) is 0.867. The summed E-state index contributed by atoms with van der Waals surface area (Å²) in [6.45, 7) is 8.43. The zero-order valence-corrected chi connectivity index (χ0v) is 12.5. The van der Waals surface area contributed by atoms with Crippen LogP contribution in [0.15, 0.2) is 29.2 Å². The summed E-state index contributed by atoms with van der Waals surface area (Å²) >= 11 is 0. The van der Waals surface area contributed by atoms with Crippen LogP contribution >= 0.6 is 0 Å². The minimum atomic E-state index is 0.102. The Hall–Kier alpha value is -1.13. The molecule has 1 aliphatic carbocycles. The molecule has 1 aromatic heterocycles. The second-order valence-corrected chi connectivity index (χ2v) is 6.87. The smallest absolute Gasteiger partial charge is 0.250 e. The third-order valence-corrected chi connectivity index (χ3v) is 4.55. The number of rotatable bonds is 4. The molecule has 110 valence electrons. The Kier molecular flexibility index (Phi) is 3.69. The average molecular weight is 275 g/mol. The second kappa shape index (κ2) is 5.34. The summed E-state index contributed by atoms with van der Waals surface area (Å²) in [6.07, 6.45) is 4.63. The van der Waals surface area contributed by atoms with Gasteiger partial charge in [0.25, 0.3) is 5.56 Å². The largest absolute Gasteiger partial charge is 0.314 e. The zero-order chi connectivity index (χ0) is 14.2. The highest BCUT2D eigenvalue weighted by atomic mass is 16.1. The molecule has 4 nitrogen and oxygen atoms in total. The van der Waals surface area contributed by atoms with E-state index in [1.165, 1.54) is 12.8 Å². The van der Waals surface area contributed by atoms with Gasteiger partial charge in [0.05, 0.1) is 0 Å². The van der Waals surface area contributed by atoms with Crippen LogP contribution in [0.3, 0.4) is 0 Å². The van der Waals surface area contributed by atoms with Crippen LogP contribution in [0.2, 0.25) is 0 Å². The summed E-state index contributed by atoms with van der Waals surface area (Å²) in [4.78, 5) is 14.4. The topological polar surface area (TPSA) is 37.3 Å². The molecule has 20 heavy (non-hydrogen) atoms. The van der Waals surface area contributed by atoms with Crippen molar-refractivity contribution >= 4 is 0 Å². The molecule has 1 N–H and O–H groups in total. The van der Waals surface area contributed by atoms with Crippen molar-refractivity contribution in [2.75, 3.05) is 19.6 Å². The van der Waals surface area contributed by atoms with Crippen molar-refractivity contribution in [3.8, 4) is 0 Å². The normalized spacial score (nSPS) is 26.6. The molecule has 0 radical (unpaired) electrons. The fourth-order valence-electron chi connectivity index (χ4n) is 3.26. The average Bonchev–Trinajstić information content (AvgIpc) is 3.21. The maximum atomic E-state index is 11.8. The molecular formula is C16H25N3O. The van der Waals surface area contributed by atoms with Gasteiger partial charge in [-0.05, 0) is 38.7 Å². The van der Waals surface area contributed by atoms with Crippen LogP contribution in [0.1, 0.15) is 26.7 Å². The van der Waals surface area contributed by atoms with Crippen molar-refractivity contribution in [3.05, 3.63) is 34.7 Å². The van der Waals surface area contributed by atoms with E-state index in [0.29, 0.717) is 6.04 Å². The van der Waals surface area contributed by atoms with Gasteiger partial charge in [0, 0.05) is 50.0 Å². The minimum Gasteiger partial charge on any atom is -0.314 e. The molecule has 1 unspecified atom stereocenters. The van der Waals surface area contributed by atoms with E-state index in [0.717, 1.165) is 32.1 Å². The van der Waals surface area contributed by atoms with Crippen LogP contribution in [-0.2, 0) is 6.54 Å². The lowest BCUT2D eigenvalue weighted by atomic mass is 9.96. The van der Waals surface area contributed by atoms with Gasteiger partial charge in [0.15, 0.2) is 0 Å². The van der Waals surface area contributed by atoms with Gasteiger partial charge in [-0.2, -0.15) is 0 Å². The maximum absolute atomic E-state index is 11.8. The fourth-order valence-corrected chi connectivity index (χ4v) is 3.26. The zero-order valence-electron chi connectivity index (χ0n) is 12.5.